The van der Waals surface area contributed by atoms with Gasteiger partial charge in [-0.1, -0.05) is 43.7 Å². The lowest BCUT2D eigenvalue weighted by atomic mass is 9.70. The van der Waals surface area contributed by atoms with E-state index in [1.165, 1.54) is 0 Å². The summed E-state index contributed by atoms with van der Waals surface area (Å²) in [6.07, 6.45) is 1.10. The van der Waals surface area contributed by atoms with Crippen molar-refractivity contribution in [2.45, 2.75) is 39.5 Å². The van der Waals surface area contributed by atoms with Crippen LogP contribution in [-0.4, -0.2) is 5.78 Å². The first kappa shape index (κ1) is 15.4. The molecule has 0 aromatic heterocycles. The predicted molar refractivity (Wildman–Crippen MR) is 86.9 cm³/mol. The molecule has 23 heavy (non-hydrogen) atoms. The monoisotopic (exact) mass is 308 g/mol. The Kier molecular flexibility index (Phi) is 3.52. The van der Waals surface area contributed by atoms with Crippen LogP contribution in [0.4, 0.5) is 0 Å². The smallest absolute Gasteiger partial charge is 0.205 e. The molecule has 2 aliphatic rings. The molecular weight excluding hydrogens is 288 g/mol. The molecule has 0 fully saturated rings. The fourth-order valence-electron chi connectivity index (χ4n) is 3.38. The van der Waals surface area contributed by atoms with Gasteiger partial charge in [-0.15, -0.1) is 0 Å². The van der Waals surface area contributed by atoms with E-state index in [0.717, 1.165) is 11.1 Å². The molecule has 1 heterocycles. The normalized spacial score (nSPS) is 23.2. The zero-order valence-electron chi connectivity index (χ0n) is 13.6. The van der Waals surface area contributed by atoms with Crippen LogP contribution in [0, 0.1) is 23.7 Å². The maximum atomic E-state index is 12.8. The van der Waals surface area contributed by atoms with Crippen molar-refractivity contribution < 1.29 is 9.53 Å². The van der Waals surface area contributed by atoms with Gasteiger partial charge in [0.05, 0.1) is 5.92 Å². The SMILES string of the molecule is Cc1ccc(C2C(C#N)=C(N)OC3=C2C(=O)CC(C)(C)C3)cc1. The third-order valence-corrected chi connectivity index (χ3v) is 4.49. The molecule has 1 aliphatic carbocycles. The minimum absolute atomic E-state index is 0.0436. The number of hydrogen-bond acceptors (Lipinski definition) is 4. The van der Waals surface area contributed by atoms with Crippen LogP contribution in [0.25, 0.3) is 0 Å². The minimum atomic E-state index is -0.423. The van der Waals surface area contributed by atoms with E-state index >= 15 is 0 Å². The Morgan fingerprint density at radius 2 is 1.91 bits per heavy atom. The van der Waals surface area contributed by atoms with E-state index in [4.69, 9.17) is 10.5 Å². The van der Waals surface area contributed by atoms with Gasteiger partial charge in [0.1, 0.15) is 17.4 Å². The van der Waals surface area contributed by atoms with Crippen LogP contribution in [0.2, 0.25) is 0 Å². The largest absolute Gasteiger partial charge is 0.444 e. The topological polar surface area (TPSA) is 76.1 Å². The van der Waals surface area contributed by atoms with Crippen LogP contribution in [0.5, 0.6) is 0 Å². The number of allylic oxidation sites excluding steroid dienone is 3. The Bertz CT molecular complexity index is 777. The second-order valence-corrected chi connectivity index (χ2v) is 7.11. The molecule has 0 saturated heterocycles. The Balaban J connectivity index is 2.17. The predicted octanol–water partition coefficient (Wildman–Crippen LogP) is 3.45. The van der Waals surface area contributed by atoms with E-state index in [1.807, 2.05) is 45.0 Å². The highest BCUT2D eigenvalue weighted by molar-refractivity contribution is 6.00. The Morgan fingerprint density at radius 1 is 1.26 bits per heavy atom. The summed E-state index contributed by atoms with van der Waals surface area (Å²) in [5, 5.41) is 9.53. The lowest BCUT2D eigenvalue weighted by Gasteiger charge is -2.37. The molecule has 2 N–H and O–H groups in total. The summed E-state index contributed by atoms with van der Waals surface area (Å²) in [4.78, 5) is 12.8. The first-order valence-corrected chi connectivity index (χ1v) is 7.73. The molecule has 1 aromatic carbocycles. The van der Waals surface area contributed by atoms with Crippen LogP contribution in [-0.2, 0) is 9.53 Å². The van der Waals surface area contributed by atoms with Crippen molar-refractivity contribution in [2.75, 3.05) is 0 Å². The van der Waals surface area contributed by atoms with Gasteiger partial charge in [0, 0.05) is 18.4 Å². The van der Waals surface area contributed by atoms with Crippen molar-refractivity contribution in [3.8, 4) is 6.07 Å². The quantitative estimate of drug-likeness (QED) is 0.862. The highest BCUT2D eigenvalue weighted by Crippen LogP contribution is 2.47. The standard InChI is InChI=1S/C19H20N2O2/c1-11-4-6-12(7-5-11)16-13(10-20)18(21)23-15-9-19(2,3)8-14(22)17(15)16/h4-7,16H,8-9,21H2,1-3H3. The minimum Gasteiger partial charge on any atom is -0.444 e. The molecule has 3 rings (SSSR count). The molecule has 0 spiro atoms. The van der Waals surface area contributed by atoms with Gasteiger partial charge in [-0.25, -0.2) is 0 Å². The number of aryl methyl sites for hydroxylation is 1. The number of ketones is 1. The molecule has 0 radical (unpaired) electrons. The maximum Gasteiger partial charge on any atom is 0.205 e. The van der Waals surface area contributed by atoms with E-state index in [9.17, 15) is 10.1 Å². The zero-order valence-corrected chi connectivity index (χ0v) is 13.6. The lowest BCUT2D eigenvalue weighted by molar-refractivity contribution is -0.119. The summed E-state index contributed by atoms with van der Waals surface area (Å²) < 4.78 is 5.67. The highest BCUT2D eigenvalue weighted by Gasteiger charge is 2.42. The molecule has 118 valence electrons. The van der Waals surface area contributed by atoms with Gasteiger partial charge in [-0.3, -0.25) is 4.79 Å². The van der Waals surface area contributed by atoms with Gasteiger partial charge in [-0.05, 0) is 17.9 Å². The summed E-state index contributed by atoms with van der Waals surface area (Å²) in [6, 6.07) is 10.00. The number of nitrogens with two attached hydrogens (primary N) is 1. The van der Waals surface area contributed by atoms with Crippen molar-refractivity contribution in [3.05, 3.63) is 58.2 Å². The number of carbonyl (C=O) groups excluding carboxylic acids is 1. The fraction of sp³-hybridized carbons (Fsp3) is 0.368. The number of benzene rings is 1. The Morgan fingerprint density at radius 3 is 2.52 bits per heavy atom. The van der Waals surface area contributed by atoms with Gasteiger partial charge in [0.15, 0.2) is 5.78 Å². The van der Waals surface area contributed by atoms with Crippen LogP contribution in [0.1, 0.15) is 43.7 Å². The van der Waals surface area contributed by atoms with Crippen LogP contribution >= 0.6 is 0 Å². The van der Waals surface area contributed by atoms with Crippen LogP contribution < -0.4 is 5.73 Å². The fourth-order valence-corrected chi connectivity index (χ4v) is 3.38. The molecule has 1 aromatic rings. The van der Waals surface area contributed by atoms with E-state index in [-0.39, 0.29) is 17.1 Å². The number of Topliss-reactive ketones (excluding diaryl/α,β-unsaturated/α-hetero) is 1. The number of nitrogens with zero attached hydrogens (tertiary/aromatic N) is 1. The van der Waals surface area contributed by atoms with Gasteiger partial charge in [0.25, 0.3) is 0 Å². The maximum absolute atomic E-state index is 12.8. The number of hydrogen-bond donors (Lipinski definition) is 1. The van der Waals surface area contributed by atoms with E-state index < -0.39 is 5.92 Å². The number of ether oxygens (including phenoxy) is 1. The molecule has 1 unspecified atom stereocenters. The first-order valence-electron chi connectivity index (χ1n) is 7.73. The van der Waals surface area contributed by atoms with E-state index in [1.54, 1.807) is 0 Å². The second kappa shape index (κ2) is 5.27. The number of carbonyl (C=O) groups is 1. The van der Waals surface area contributed by atoms with Crippen molar-refractivity contribution in [2.24, 2.45) is 11.1 Å². The first-order chi connectivity index (χ1) is 10.8. The summed E-state index contributed by atoms with van der Waals surface area (Å²) in [5.74, 6) is 0.352. The van der Waals surface area contributed by atoms with Gasteiger partial charge in [0.2, 0.25) is 5.88 Å². The van der Waals surface area contributed by atoms with Crippen LogP contribution in [0.15, 0.2) is 47.1 Å². The third-order valence-electron chi connectivity index (χ3n) is 4.49. The molecule has 1 atom stereocenters. The van der Waals surface area contributed by atoms with Gasteiger partial charge >= 0.3 is 0 Å². The summed E-state index contributed by atoms with van der Waals surface area (Å²) in [5.41, 5.74) is 8.77. The van der Waals surface area contributed by atoms with Crippen molar-refractivity contribution in [1.29, 1.82) is 5.26 Å². The summed E-state index contributed by atoms with van der Waals surface area (Å²) in [7, 11) is 0. The highest BCUT2D eigenvalue weighted by atomic mass is 16.5. The average molecular weight is 308 g/mol. The molecule has 1 aliphatic heterocycles. The van der Waals surface area contributed by atoms with Gasteiger partial charge in [-0.2, -0.15) is 5.26 Å². The van der Waals surface area contributed by atoms with E-state index in [0.29, 0.717) is 29.7 Å². The lowest BCUT2D eigenvalue weighted by Crippen LogP contribution is -2.33. The molecule has 0 saturated carbocycles. The molecule has 0 amide bonds. The van der Waals surface area contributed by atoms with Gasteiger partial charge < -0.3 is 10.5 Å². The summed E-state index contributed by atoms with van der Waals surface area (Å²) in [6.45, 7) is 6.08. The van der Waals surface area contributed by atoms with Crippen molar-refractivity contribution in [1.82, 2.24) is 0 Å². The zero-order chi connectivity index (χ0) is 16.8. The third kappa shape index (κ3) is 2.63. The number of rotatable bonds is 1. The Hall–Kier alpha value is -2.54. The Labute approximate surface area is 136 Å². The molecule has 0 bridgehead atoms. The molecular formula is C19H20N2O2. The summed E-state index contributed by atoms with van der Waals surface area (Å²) >= 11 is 0. The van der Waals surface area contributed by atoms with Crippen molar-refractivity contribution >= 4 is 5.78 Å². The van der Waals surface area contributed by atoms with Crippen LogP contribution in [0.3, 0.4) is 0 Å². The van der Waals surface area contributed by atoms with Crippen molar-refractivity contribution in [3.63, 3.8) is 0 Å². The molecule has 4 heteroatoms. The average Bonchev–Trinajstić information content (AvgIpc) is 2.45. The second-order valence-electron chi connectivity index (χ2n) is 7.11. The van der Waals surface area contributed by atoms with E-state index in [2.05, 4.69) is 6.07 Å². The number of nitriles is 1. The molecule has 4 nitrogen and oxygen atoms in total.